The van der Waals surface area contributed by atoms with E-state index < -0.39 is 0 Å². The van der Waals surface area contributed by atoms with Gasteiger partial charge in [-0.25, -0.2) is 0 Å². The second-order valence-electron chi connectivity index (χ2n) is 6.11. The van der Waals surface area contributed by atoms with Crippen LogP contribution in [0.5, 0.6) is 5.75 Å². The number of rotatable bonds is 7. The van der Waals surface area contributed by atoms with E-state index in [9.17, 15) is 4.79 Å². The van der Waals surface area contributed by atoms with Crippen molar-refractivity contribution in [3.8, 4) is 5.75 Å². The predicted octanol–water partition coefficient (Wildman–Crippen LogP) is 3.68. The Hall–Kier alpha value is -2.33. The monoisotopic (exact) mass is 326 g/mol. The number of nitrogens with one attached hydrogen (secondary N) is 2. The lowest BCUT2D eigenvalue weighted by Crippen LogP contribution is -2.19. The van der Waals surface area contributed by atoms with Crippen LogP contribution >= 0.6 is 0 Å². The number of benzene rings is 2. The summed E-state index contributed by atoms with van der Waals surface area (Å²) in [5.41, 5.74) is 3.04. The van der Waals surface area contributed by atoms with Gasteiger partial charge in [-0.05, 0) is 56.2 Å². The number of hydrogen-bond donors (Lipinski definition) is 2. The van der Waals surface area contributed by atoms with Crippen LogP contribution in [0.15, 0.2) is 48.5 Å². The van der Waals surface area contributed by atoms with Gasteiger partial charge < -0.3 is 15.4 Å². The van der Waals surface area contributed by atoms with Gasteiger partial charge in [0.25, 0.3) is 5.91 Å². The molecule has 4 nitrogen and oxygen atoms in total. The Morgan fingerprint density at radius 2 is 1.62 bits per heavy atom. The van der Waals surface area contributed by atoms with E-state index in [-0.39, 0.29) is 18.1 Å². The summed E-state index contributed by atoms with van der Waals surface area (Å²) in [6.07, 6.45) is 0.184. The van der Waals surface area contributed by atoms with E-state index in [4.69, 9.17) is 4.74 Å². The smallest absolute Gasteiger partial charge is 0.251 e. The topological polar surface area (TPSA) is 50.4 Å². The van der Waals surface area contributed by atoms with Gasteiger partial charge >= 0.3 is 0 Å². The van der Waals surface area contributed by atoms with E-state index >= 15 is 0 Å². The van der Waals surface area contributed by atoms with Crippen molar-refractivity contribution in [3.63, 3.8) is 0 Å². The lowest BCUT2D eigenvalue weighted by atomic mass is 10.1. The molecule has 0 bridgehead atoms. The first-order valence-corrected chi connectivity index (χ1v) is 8.30. The Kier molecular flexibility index (Phi) is 6.38. The molecule has 128 valence electrons. The summed E-state index contributed by atoms with van der Waals surface area (Å²) >= 11 is 0. The predicted molar refractivity (Wildman–Crippen MR) is 97.3 cm³/mol. The number of carbonyl (C=O) groups is 1. The fourth-order valence-corrected chi connectivity index (χ4v) is 2.41. The molecule has 4 heteroatoms. The molecular weight excluding hydrogens is 300 g/mol. The van der Waals surface area contributed by atoms with Crippen molar-refractivity contribution in [1.29, 1.82) is 0 Å². The Labute approximate surface area is 144 Å². The second kappa shape index (κ2) is 8.50. The van der Waals surface area contributed by atoms with Gasteiger partial charge in [-0.1, -0.05) is 24.3 Å². The van der Waals surface area contributed by atoms with E-state index in [1.165, 1.54) is 5.56 Å². The van der Waals surface area contributed by atoms with Crippen LogP contribution in [0, 0.1) is 0 Å². The molecular formula is C20H26N2O2. The van der Waals surface area contributed by atoms with Crippen molar-refractivity contribution in [2.45, 2.75) is 39.5 Å². The summed E-state index contributed by atoms with van der Waals surface area (Å²) in [5, 5.41) is 6.12. The standard InChI is InChI=1S/C20H26N2O2/c1-14(2)24-19-11-9-17(10-12-19)15(3)22-13-16-5-7-18(8-6-16)20(23)21-4/h5-12,14-15,22H,13H2,1-4H3,(H,21,23). The first-order chi connectivity index (χ1) is 11.5. The molecule has 0 aliphatic rings. The van der Waals surface area contributed by atoms with Crippen LogP contribution in [-0.2, 0) is 6.54 Å². The molecule has 0 aromatic heterocycles. The third-order valence-electron chi connectivity index (χ3n) is 3.81. The quantitative estimate of drug-likeness (QED) is 0.816. The maximum absolute atomic E-state index is 11.5. The largest absolute Gasteiger partial charge is 0.491 e. The minimum Gasteiger partial charge on any atom is -0.491 e. The van der Waals surface area contributed by atoms with Gasteiger partial charge in [0, 0.05) is 25.2 Å². The third-order valence-corrected chi connectivity index (χ3v) is 3.81. The number of ether oxygens (including phenoxy) is 1. The molecule has 1 amide bonds. The molecule has 1 atom stereocenters. The Morgan fingerprint density at radius 3 is 2.17 bits per heavy atom. The Bertz CT molecular complexity index is 648. The molecule has 0 radical (unpaired) electrons. The molecule has 0 aliphatic carbocycles. The highest BCUT2D eigenvalue weighted by atomic mass is 16.5. The highest BCUT2D eigenvalue weighted by molar-refractivity contribution is 5.93. The first kappa shape index (κ1) is 18.0. The summed E-state index contributed by atoms with van der Waals surface area (Å²) in [4.78, 5) is 11.5. The molecule has 2 aromatic carbocycles. The van der Waals surface area contributed by atoms with Crippen LogP contribution in [0.4, 0.5) is 0 Å². The zero-order chi connectivity index (χ0) is 17.5. The summed E-state index contributed by atoms with van der Waals surface area (Å²) in [6.45, 7) is 6.93. The van der Waals surface area contributed by atoms with Gasteiger partial charge in [0.15, 0.2) is 0 Å². The number of hydrogen-bond acceptors (Lipinski definition) is 3. The summed E-state index contributed by atoms with van der Waals surface area (Å²) in [6, 6.07) is 16.1. The fourth-order valence-electron chi connectivity index (χ4n) is 2.41. The Balaban J connectivity index is 1.90. The number of carbonyl (C=O) groups excluding carboxylic acids is 1. The summed E-state index contributed by atoms with van der Waals surface area (Å²) < 4.78 is 5.66. The van der Waals surface area contributed by atoms with Gasteiger partial charge in [-0.15, -0.1) is 0 Å². The van der Waals surface area contributed by atoms with E-state index in [0.717, 1.165) is 17.9 Å². The van der Waals surface area contributed by atoms with Crippen LogP contribution in [0.3, 0.4) is 0 Å². The van der Waals surface area contributed by atoms with Gasteiger partial charge in [-0.3, -0.25) is 4.79 Å². The molecule has 2 aromatic rings. The molecule has 0 saturated carbocycles. The van der Waals surface area contributed by atoms with Crippen LogP contribution in [0.25, 0.3) is 0 Å². The van der Waals surface area contributed by atoms with Crippen LogP contribution in [-0.4, -0.2) is 19.1 Å². The molecule has 0 spiro atoms. The summed E-state index contributed by atoms with van der Waals surface area (Å²) in [7, 11) is 1.64. The fraction of sp³-hybridized carbons (Fsp3) is 0.350. The Morgan fingerprint density at radius 1 is 1.00 bits per heavy atom. The zero-order valence-corrected chi connectivity index (χ0v) is 14.8. The highest BCUT2D eigenvalue weighted by Crippen LogP contribution is 2.19. The number of amides is 1. The van der Waals surface area contributed by atoms with Crippen LogP contribution in [0.2, 0.25) is 0 Å². The SMILES string of the molecule is CNC(=O)c1ccc(CNC(C)c2ccc(OC(C)C)cc2)cc1. The first-order valence-electron chi connectivity index (χ1n) is 8.30. The van der Waals surface area contributed by atoms with Gasteiger partial charge in [0.2, 0.25) is 0 Å². The van der Waals surface area contributed by atoms with E-state index in [1.807, 2.05) is 50.2 Å². The second-order valence-corrected chi connectivity index (χ2v) is 6.11. The third kappa shape index (κ3) is 5.10. The van der Waals surface area contributed by atoms with Gasteiger partial charge in [0.05, 0.1) is 6.10 Å². The highest BCUT2D eigenvalue weighted by Gasteiger charge is 2.07. The molecule has 0 aliphatic heterocycles. The van der Waals surface area contributed by atoms with Crippen molar-refractivity contribution in [3.05, 3.63) is 65.2 Å². The minimum atomic E-state index is -0.0633. The molecule has 0 fully saturated rings. The molecule has 0 saturated heterocycles. The lowest BCUT2D eigenvalue weighted by Gasteiger charge is -2.16. The molecule has 2 rings (SSSR count). The molecule has 2 N–H and O–H groups in total. The van der Waals surface area contributed by atoms with Crippen LogP contribution in [0.1, 0.15) is 48.3 Å². The maximum Gasteiger partial charge on any atom is 0.251 e. The zero-order valence-electron chi connectivity index (χ0n) is 14.8. The van der Waals surface area contributed by atoms with Crippen molar-refractivity contribution >= 4 is 5.91 Å². The molecule has 0 heterocycles. The van der Waals surface area contributed by atoms with Crippen LogP contribution < -0.4 is 15.4 Å². The lowest BCUT2D eigenvalue weighted by molar-refractivity contribution is 0.0963. The maximum atomic E-state index is 11.5. The normalized spacial score (nSPS) is 12.0. The molecule has 24 heavy (non-hydrogen) atoms. The van der Waals surface area contributed by atoms with Gasteiger partial charge in [0.1, 0.15) is 5.75 Å². The summed E-state index contributed by atoms with van der Waals surface area (Å²) in [5.74, 6) is 0.831. The van der Waals surface area contributed by atoms with Gasteiger partial charge in [-0.2, -0.15) is 0 Å². The van der Waals surface area contributed by atoms with Crippen molar-refractivity contribution in [2.75, 3.05) is 7.05 Å². The molecule has 1 unspecified atom stereocenters. The minimum absolute atomic E-state index is 0.0633. The van der Waals surface area contributed by atoms with E-state index in [0.29, 0.717) is 5.56 Å². The van der Waals surface area contributed by atoms with Crippen molar-refractivity contribution in [1.82, 2.24) is 10.6 Å². The van der Waals surface area contributed by atoms with E-state index in [2.05, 4.69) is 29.7 Å². The van der Waals surface area contributed by atoms with Crippen molar-refractivity contribution < 1.29 is 9.53 Å². The average molecular weight is 326 g/mol. The van der Waals surface area contributed by atoms with E-state index in [1.54, 1.807) is 7.05 Å². The average Bonchev–Trinajstić information content (AvgIpc) is 2.59. The van der Waals surface area contributed by atoms with Crippen molar-refractivity contribution in [2.24, 2.45) is 0 Å².